The Morgan fingerprint density at radius 1 is 1.15 bits per heavy atom. The van der Waals surface area contributed by atoms with Crippen molar-refractivity contribution in [3.63, 3.8) is 0 Å². The Morgan fingerprint density at radius 3 is 1.31 bits per heavy atom. The quantitative estimate of drug-likeness (QED) is 0.368. The van der Waals surface area contributed by atoms with E-state index in [9.17, 15) is 13.9 Å². The number of carbonyl (C=O) groups excluding carboxylic acids is 1. The smallest absolute Gasteiger partial charge is 0.370 e. The zero-order valence-electron chi connectivity index (χ0n) is 6.39. The lowest BCUT2D eigenvalue weighted by Crippen LogP contribution is -2.01. The predicted octanol–water partition coefficient (Wildman–Crippen LogP) is -1.32. The molecule has 0 aliphatic rings. The molecule has 0 spiro atoms. The average Bonchev–Trinajstić information content (AvgIpc) is 1.47. The molecule has 0 unspecified atom stereocenters. The summed E-state index contributed by atoms with van der Waals surface area (Å²) in [5, 5.41) is 0. The van der Waals surface area contributed by atoms with Gasteiger partial charge in [-0.25, -0.2) is 9.13 Å². The SMILES string of the molecule is CC(N)=O.O=P(O)(O)OP(=O)(O)O. The molecule has 0 aliphatic heterocycles. The van der Waals surface area contributed by atoms with Gasteiger partial charge in [-0.1, -0.05) is 0 Å². The van der Waals surface area contributed by atoms with Crippen molar-refractivity contribution in [3.8, 4) is 0 Å². The van der Waals surface area contributed by atoms with Gasteiger partial charge in [0, 0.05) is 6.92 Å². The Balaban J connectivity index is 0. The third kappa shape index (κ3) is 33.8. The number of hydrogen-bond donors (Lipinski definition) is 5. The lowest BCUT2D eigenvalue weighted by atomic mass is 10.8. The van der Waals surface area contributed by atoms with Gasteiger partial charge < -0.3 is 25.3 Å². The molecule has 0 saturated carbocycles. The van der Waals surface area contributed by atoms with Gasteiger partial charge in [0.25, 0.3) is 0 Å². The molecule has 0 radical (unpaired) electrons. The van der Waals surface area contributed by atoms with Crippen molar-refractivity contribution < 1.29 is 37.8 Å². The van der Waals surface area contributed by atoms with Crippen LogP contribution in [0, 0.1) is 0 Å². The summed E-state index contributed by atoms with van der Waals surface area (Å²) in [6.45, 7) is 1.31. The summed E-state index contributed by atoms with van der Waals surface area (Å²) in [5.74, 6) is -0.333. The van der Waals surface area contributed by atoms with Gasteiger partial charge in [-0.2, -0.15) is 4.31 Å². The summed E-state index contributed by atoms with van der Waals surface area (Å²) in [6, 6.07) is 0. The normalized spacial score (nSPS) is 11.5. The minimum Gasteiger partial charge on any atom is -0.370 e. The van der Waals surface area contributed by atoms with E-state index in [1.165, 1.54) is 6.92 Å². The van der Waals surface area contributed by atoms with Crippen LogP contribution >= 0.6 is 15.6 Å². The van der Waals surface area contributed by atoms with Crippen molar-refractivity contribution in [3.05, 3.63) is 0 Å². The van der Waals surface area contributed by atoms with Crippen molar-refractivity contribution >= 4 is 21.6 Å². The van der Waals surface area contributed by atoms with Gasteiger partial charge in [0.05, 0.1) is 0 Å². The fourth-order valence-corrected chi connectivity index (χ4v) is 1.25. The van der Waals surface area contributed by atoms with Crippen LogP contribution in [0.2, 0.25) is 0 Å². The molecule has 0 aromatic rings. The zero-order valence-corrected chi connectivity index (χ0v) is 8.18. The minimum atomic E-state index is -5.05. The van der Waals surface area contributed by atoms with Crippen molar-refractivity contribution in [1.82, 2.24) is 0 Å². The Kier molecular flexibility index (Phi) is 6.39. The molecule has 0 saturated heterocycles. The lowest BCUT2D eigenvalue weighted by Gasteiger charge is -2.03. The van der Waals surface area contributed by atoms with Gasteiger partial charge in [-0.15, -0.1) is 0 Å². The van der Waals surface area contributed by atoms with E-state index in [2.05, 4.69) is 10.0 Å². The largest absolute Gasteiger partial charge is 0.478 e. The van der Waals surface area contributed by atoms with Gasteiger partial charge in [0.15, 0.2) is 0 Å². The summed E-state index contributed by atoms with van der Waals surface area (Å²) in [7, 11) is -10.1. The van der Waals surface area contributed by atoms with Crippen LogP contribution in [0.3, 0.4) is 0 Å². The van der Waals surface area contributed by atoms with Gasteiger partial charge >= 0.3 is 15.6 Å². The highest BCUT2D eigenvalue weighted by Crippen LogP contribution is 2.53. The van der Waals surface area contributed by atoms with E-state index in [1.807, 2.05) is 0 Å². The molecule has 0 aliphatic carbocycles. The molecular weight excluding hydrogens is 228 g/mol. The molecule has 13 heavy (non-hydrogen) atoms. The maximum Gasteiger partial charge on any atom is 0.478 e. The van der Waals surface area contributed by atoms with Gasteiger partial charge in [0.1, 0.15) is 0 Å². The predicted molar refractivity (Wildman–Crippen MR) is 40.0 cm³/mol. The first-order valence-corrected chi connectivity index (χ1v) is 5.58. The van der Waals surface area contributed by atoms with Crippen LogP contribution in [-0.4, -0.2) is 25.5 Å². The van der Waals surface area contributed by atoms with Crippen molar-refractivity contribution in [2.75, 3.05) is 0 Å². The van der Waals surface area contributed by atoms with Crippen molar-refractivity contribution in [2.45, 2.75) is 6.92 Å². The van der Waals surface area contributed by atoms with Crippen LogP contribution in [-0.2, 0) is 18.2 Å². The highest BCUT2D eigenvalue weighted by atomic mass is 31.3. The molecule has 0 heterocycles. The maximum atomic E-state index is 9.63. The van der Waals surface area contributed by atoms with Gasteiger partial charge in [-0.3, -0.25) is 4.79 Å². The molecule has 0 rings (SSSR count). The number of phosphoric acid groups is 2. The molecule has 1 amide bonds. The third-order valence-corrected chi connectivity index (χ3v) is 1.91. The van der Waals surface area contributed by atoms with E-state index in [1.54, 1.807) is 0 Å². The fraction of sp³-hybridized carbons (Fsp3) is 0.500. The Hall–Kier alpha value is -0.270. The molecule has 11 heteroatoms. The standard InChI is InChI=1S/C2H5NO.H4O7P2/c1-2(3)4;1-8(2,3)7-9(4,5)6/h1H3,(H2,3,4);(H2,1,2,3)(H2,4,5,6). The summed E-state index contributed by atoms with van der Waals surface area (Å²) in [6.07, 6.45) is 0. The lowest BCUT2D eigenvalue weighted by molar-refractivity contribution is -0.115. The first kappa shape index (κ1) is 15.2. The van der Waals surface area contributed by atoms with Gasteiger partial charge in [0.2, 0.25) is 5.91 Å². The highest BCUT2D eigenvalue weighted by molar-refractivity contribution is 7.60. The second-order valence-electron chi connectivity index (χ2n) is 1.67. The minimum absolute atomic E-state index is 0.333. The fourth-order valence-electron chi connectivity index (χ4n) is 0.139. The molecule has 0 bridgehead atoms. The van der Waals surface area contributed by atoms with Gasteiger partial charge in [-0.05, 0) is 0 Å². The molecule has 9 nitrogen and oxygen atoms in total. The summed E-state index contributed by atoms with van der Waals surface area (Å²) >= 11 is 0. The molecule has 0 aromatic carbocycles. The molecule has 0 fully saturated rings. The molecular formula is C2H9NO8P2. The van der Waals surface area contributed by atoms with E-state index in [0.29, 0.717) is 0 Å². The van der Waals surface area contributed by atoms with Crippen LogP contribution in [0.4, 0.5) is 0 Å². The first-order valence-electron chi connectivity index (χ1n) is 2.52. The van der Waals surface area contributed by atoms with E-state index in [0.717, 1.165) is 0 Å². The number of carbonyl (C=O) groups is 1. The van der Waals surface area contributed by atoms with Crippen LogP contribution < -0.4 is 5.73 Å². The monoisotopic (exact) mass is 237 g/mol. The number of amides is 1. The van der Waals surface area contributed by atoms with E-state index in [-0.39, 0.29) is 5.91 Å². The Labute approximate surface area is 73.0 Å². The first-order chi connectivity index (χ1) is 5.44. The number of nitrogens with two attached hydrogens (primary N) is 1. The number of hydrogen-bond acceptors (Lipinski definition) is 4. The van der Waals surface area contributed by atoms with Crippen LogP contribution in [0.1, 0.15) is 6.92 Å². The molecule has 0 aromatic heterocycles. The third-order valence-electron chi connectivity index (χ3n) is 0.213. The average molecular weight is 237 g/mol. The molecule has 0 atom stereocenters. The second-order valence-corrected chi connectivity index (χ2v) is 4.29. The molecule has 80 valence electrons. The van der Waals surface area contributed by atoms with Crippen LogP contribution in [0.5, 0.6) is 0 Å². The van der Waals surface area contributed by atoms with E-state index < -0.39 is 15.6 Å². The van der Waals surface area contributed by atoms with E-state index in [4.69, 9.17) is 19.6 Å². The summed E-state index contributed by atoms with van der Waals surface area (Å²) in [5.41, 5.74) is 4.47. The highest BCUT2D eigenvalue weighted by Gasteiger charge is 2.27. The number of primary amides is 1. The van der Waals surface area contributed by atoms with Crippen molar-refractivity contribution in [1.29, 1.82) is 0 Å². The van der Waals surface area contributed by atoms with E-state index >= 15 is 0 Å². The Morgan fingerprint density at radius 2 is 1.31 bits per heavy atom. The topological polar surface area (TPSA) is 167 Å². The van der Waals surface area contributed by atoms with Crippen LogP contribution in [0.25, 0.3) is 0 Å². The zero-order chi connectivity index (χ0) is 11.3. The molecule has 6 N–H and O–H groups in total. The summed E-state index contributed by atoms with van der Waals surface area (Å²) in [4.78, 5) is 40.2. The van der Waals surface area contributed by atoms with Crippen molar-refractivity contribution in [2.24, 2.45) is 5.73 Å². The number of rotatable bonds is 2. The maximum absolute atomic E-state index is 9.63. The van der Waals surface area contributed by atoms with Crippen LogP contribution in [0.15, 0.2) is 0 Å². The summed E-state index contributed by atoms with van der Waals surface area (Å²) < 4.78 is 22.2. The Bertz CT molecular complexity index is 225. The second kappa shape index (κ2) is 5.46.